The van der Waals surface area contributed by atoms with Gasteiger partial charge in [0.05, 0.1) is 11.0 Å². The molecule has 1 unspecified atom stereocenters. The molecule has 1 aliphatic heterocycles. The second kappa shape index (κ2) is 4.91. The summed E-state index contributed by atoms with van der Waals surface area (Å²) in [6, 6.07) is 3.74. The third-order valence-electron chi connectivity index (χ3n) is 2.68. The summed E-state index contributed by atoms with van der Waals surface area (Å²) >= 11 is 1.86. The van der Waals surface area contributed by atoms with Crippen molar-refractivity contribution in [1.29, 1.82) is 0 Å². The van der Waals surface area contributed by atoms with Crippen molar-refractivity contribution < 1.29 is 9.31 Å². The highest BCUT2D eigenvalue weighted by molar-refractivity contribution is 8.00. The van der Waals surface area contributed by atoms with Crippen LogP contribution in [0.2, 0.25) is 0 Å². The molecule has 6 heteroatoms. The van der Waals surface area contributed by atoms with Gasteiger partial charge in [-0.05, 0) is 6.07 Å². The summed E-state index contributed by atoms with van der Waals surface area (Å²) in [6.07, 6.45) is 0. The molecule has 0 N–H and O–H groups in total. The van der Waals surface area contributed by atoms with Gasteiger partial charge in [-0.3, -0.25) is 10.1 Å². The van der Waals surface area contributed by atoms with E-state index in [0.29, 0.717) is 10.9 Å². The van der Waals surface area contributed by atoms with E-state index >= 15 is 0 Å². The van der Waals surface area contributed by atoms with Crippen LogP contribution in [0, 0.1) is 15.9 Å². The van der Waals surface area contributed by atoms with Crippen molar-refractivity contribution in [3.63, 3.8) is 0 Å². The van der Waals surface area contributed by atoms with E-state index in [-0.39, 0.29) is 5.69 Å². The lowest BCUT2D eigenvalue weighted by atomic mass is 10.2. The molecule has 1 saturated heterocycles. The van der Waals surface area contributed by atoms with Crippen LogP contribution < -0.4 is 4.90 Å². The molecule has 0 spiro atoms. The van der Waals surface area contributed by atoms with Crippen LogP contribution in [-0.4, -0.2) is 29.0 Å². The molecule has 1 fully saturated rings. The maximum Gasteiger partial charge on any atom is 0.274 e. The summed E-state index contributed by atoms with van der Waals surface area (Å²) in [5.74, 6) is 0.408. The molecule has 92 valence electrons. The molecule has 0 radical (unpaired) electrons. The van der Waals surface area contributed by atoms with E-state index in [2.05, 4.69) is 6.92 Å². The quantitative estimate of drug-likeness (QED) is 0.603. The standard InChI is InChI=1S/C11H13FN2O2S/c1-8-7-13(2-3-17-8)10-4-9(12)5-11(6-10)14(15)16/h4-6,8H,2-3,7H2,1H3. The highest BCUT2D eigenvalue weighted by Gasteiger charge is 2.19. The predicted octanol–water partition coefficient (Wildman–Crippen LogP) is 2.68. The molecule has 1 aromatic carbocycles. The SMILES string of the molecule is CC1CN(c2cc(F)cc([N+](=O)[O-])c2)CCS1. The molecule has 17 heavy (non-hydrogen) atoms. The average Bonchev–Trinajstić information content (AvgIpc) is 2.28. The van der Waals surface area contributed by atoms with Crippen molar-refractivity contribution in [3.8, 4) is 0 Å². The Balaban J connectivity index is 2.28. The largest absolute Gasteiger partial charge is 0.369 e. The molecule has 1 aliphatic rings. The van der Waals surface area contributed by atoms with Gasteiger partial charge in [0.1, 0.15) is 5.82 Å². The highest BCUT2D eigenvalue weighted by Crippen LogP contribution is 2.27. The highest BCUT2D eigenvalue weighted by atomic mass is 32.2. The summed E-state index contributed by atoms with van der Waals surface area (Å²) in [5.41, 5.74) is 0.412. The molecule has 0 amide bonds. The van der Waals surface area contributed by atoms with E-state index in [0.717, 1.165) is 24.9 Å². The number of anilines is 1. The van der Waals surface area contributed by atoms with E-state index in [1.807, 2.05) is 16.7 Å². The van der Waals surface area contributed by atoms with Crippen molar-refractivity contribution in [3.05, 3.63) is 34.1 Å². The van der Waals surface area contributed by atoms with Gasteiger partial charge in [-0.25, -0.2) is 4.39 Å². The van der Waals surface area contributed by atoms with E-state index < -0.39 is 10.7 Å². The molecule has 1 heterocycles. The van der Waals surface area contributed by atoms with E-state index in [1.54, 1.807) is 0 Å². The summed E-state index contributed by atoms with van der Waals surface area (Å²) < 4.78 is 13.3. The second-order valence-corrected chi connectivity index (χ2v) is 5.60. The molecule has 1 atom stereocenters. The Bertz CT molecular complexity index is 441. The number of thioether (sulfide) groups is 1. The fourth-order valence-corrected chi connectivity index (χ4v) is 2.91. The first-order chi connectivity index (χ1) is 8.06. The van der Waals surface area contributed by atoms with E-state index in [9.17, 15) is 14.5 Å². The lowest BCUT2D eigenvalue weighted by Gasteiger charge is -2.32. The van der Waals surface area contributed by atoms with Gasteiger partial charge < -0.3 is 4.90 Å². The van der Waals surface area contributed by atoms with Crippen LogP contribution in [0.3, 0.4) is 0 Å². The van der Waals surface area contributed by atoms with E-state index in [1.165, 1.54) is 12.1 Å². The van der Waals surface area contributed by atoms with Crippen molar-refractivity contribution in [1.82, 2.24) is 0 Å². The Labute approximate surface area is 103 Å². The zero-order valence-electron chi connectivity index (χ0n) is 9.43. The van der Waals surface area contributed by atoms with Gasteiger partial charge in [0, 0.05) is 35.8 Å². The number of halogens is 1. The predicted molar refractivity (Wildman–Crippen MR) is 67.2 cm³/mol. The van der Waals surface area contributed by atoms with Crippen LogP contribution in [0.25, 0.3) is 0 Å². The van der Waals surface area contributed by atoms with E-state index in [4.69, 9.17) is 0 Å². The van der Waals surface area contributed by atoms with Gasteiger partial charge in [-0.1, -0.05) is 6.92 Å². The number of benzene rings is 1. The van der Waals surface area contributed by atoms with Crippen LogP contribution >= 0.6 is 11.8 Å². The van der Waals surface area contributed by atoms with Crippen molar-refractivity contribution >= 4 is 23.1 Å². The zero-order valence-corrected chi connectivity index (χ0v) is 10.2. The zero-order chi connectivity index (χ0) is 12.4. The number of non-ortho nitro benzene ring substituents is 1. The number of rotatable bonds is 2. The third kappa shape index (κ3) is 2.88. The number of hydrogen-bond donors (Lipinski definition) is 0. The number of nitro benzene ring substituents is 1. The Kier molecular flexibility index (Phi) is 3.51. The Morgan fingerprint density at radius 2 is 2.29 bits per heavy atom. The molecule has 4 nitrogen and oxygen atoms in total. The first kappa shape index (κ1) is 12.2. The van der Waals surface area contributed by atoms with Gasteiger partial charge in [0.25, 0.3) is 5.69 Å². The molecule has 0 saturated carbocycles. The van der Waals surface area contributed by atoms with Crippen LogP contribution in [-0.2, 0) is 0 Å². The monoisotopic (exact) mass is 256 g/mol. The summed E-state index contributed by atoms with van der Waals surface area (Å²) in [4.78, 5) is 12.1. The van der Waals surface area contributed by atoms with Gasteiger partial charge in [-0.15, -0.1) is 0 Å². The molecule has 0 aliphatic carbocycles. The van der Waals surface area contributed by atoms with Crippen LogP contribution in [0.4, 0.5) is 15.8 Å². The van der Waals surface area contributed by atoms with Gasteiger partial charge in [0.15, 0.2) is 0 Å². The fourth-order valence-electron chi connectivity index (χ4n) is 1.90. The number of nitrogens with zero attached hydrogens (tertiary/aromatic N) is 2. The lowest BCUT2D eigenvalue weighted by Crippen LogP contribution is -2.36. The molecular formula is C11H13FN2O2S. The third-order valence-corrected chi connectivity index (χ3v) is 3.82. The minimum atomic E-state index is -0.561. The topological polar surface area (TPSA) is 46.4 Å². The van der Waals surface area contributed by atoms with Gasteiger partial charge in [0.2, 0.25) is 0 Å². The molecule has 0 bridgehead atoms. The Morgan fingerprint density at radius 1 is 1.53 bits per heavy atom. The minimum Gasteiger partial charge on any atom is -0.369 e. The fraction of sp³-hybridized carbons (Fsp3) is 0.455. The lowest BCUT2D eigenvalue weighted by molar-refractivity contribution is -0.385. The summed E-state index contributed by atoms with van der Waals surface area (Å²) in [6.45, 7) is 3.70. The first-order valence-electron chi connectivity index (χ1n) is 5.38. The molecule has 1 aromatic rings. The number of nitro groups is 1. The van der Waals surface area contributed by atoms with Gasteiger partial charge in [-0.2, -0.15) is 11.8 Å². The van der Waals surface area contributed by atoms with Crippen LogP contribution in [0.5, 0.6) is 0 Å². The van der Waals surface area contributed by atoms with Gasteiger partial charge >= 0.3 is 0 Å². The summed E-state index contributed by atoms with van der Waals surface area (Å²) in [7, 11) is 0. The minimum absolute atomic E-state index is 0.189. The Hall–Kier alpha value is -1.30. The maximum atomic E-state index is 13.3. The van der Waals surface area contributed by atoms with Crippen molar-refractivity contribution in [2.24, 2.45) is 0 Å². The smallest absolute Gasteiger partial charge is 0.274 e. The maximum absolute atomic E-state index is 13.3. The normalized spacial score (nSPS) is 20.4. The average molecular weight is 256 g/mol. The van der Waals surface area contributed by atoms with Crippen molar-refractivity contribution in [2.45, 2.75) is 12.2 Å². The van der Waals surface area contributed by atoms with Crippen LogP contribution in [0.15, 0.2) is 18.2 Å². The Morgan fingerprint density at radius 3 is 2.94 bits per heavy atom. The number of hydrogen-bond acceptors (Lipinski definition) is 4. The molecule has 2 rings (SSSR count). The molecule has 0 aromatic heterocycles. The van der Waals surface area contributed by atoms with Crippen molar-refractivity contribution in [2.75, 3.05) is 23.7 Å². The second-order valence-electron chi connectivity index (χ2n) is 4.05. The summed E-state index contributed by atoms with van der Waals surface area (Å²) in [5, 5.41) is 11.1. The molecular weight excluding hydrogens is 243 g/mol. The van der Waals surface area contributed by atoms with Crippen LogP contribution in [0.1, 0.15) is 6.92 Å². The first-order valence-corrected chi connectivity index (χ1v) is 6.42.